The van der Waals surface area contributed by atoms with Crippen molar-refractivity contribution in [1.29, 1.82) is 0 Å². The van der Waals surface area contributed by atoms with Crippen LogP contribution < -0.4 is 0 Å². The molecule has 0 saturated carbocycles. The van der Waals surface area contributed by atoms with Gasteiger partial charge in [-0.05, 0) is 6.08 Å². The molecule has 0 aromatic heterocycles. The van der Waals surface area contributed by atoms with Crippen molar-refractivity contribution in [3.8, 4) is 0 Å². The van der Waals surface area contributed by atoms with Gasteiger partial charge in [0.05, 0.1) is 0 Å². The maximum Gasteiger partial charge on any atom is 0.219 e. The van der Waals surface area contributed by atoms with Crippen LogP contribution in [-0.2, 0) is 9.47 Å². The molecule has 0 bridgehead atoms. The Morgan fingerprint density at radius 1 is 1.75 bits per heavy atom. The molecule has 0 spiro atoms. The highest BCUT2D eigenvalue weighted by atomic mass is 16.7. The Morgan fingerprint density at radius 3 is 2.75 bits per heavy atom. The minimum Gasteiger partial charge on any atom is -0.464 e. The first-order chi connectivity index (χ1) is 3.83. The van der Waals surface area contributed by atoms with Gasteiger partial charge in [0, 0.05) is 0 Å². The van der Waals surface area contributed by atoms with E-state index in [1.165, 1.54) is 0 Å². The van der Waals surface area contributed by atoms with Crippen molar-refractivity contribution >= 4 is 0 Å². The first-order valence-electron chi connectivity index (χ1n) is 2.41. The summed E-state index contributed by atoms with van der Waals surface area (Å²) in [6, 6.07) is 0. The van der Waals surface area contributed by atoms with Gasteiger partial charge in [-0.25, -0.2) is 0 Å². The lowest BCUT2D eigenvalue weighted by molar-refractivity contribution is 0.00924. The van der Waals surface area contributed by atoms with Crippen LogP contribution in [0.4, 0.5) is 0 Å². The average molecular weight is 112 g/mol. The molecule has 0 N–H and O–H groups in total. The summed E-state index contributed by atoms with van der Waals surface area (Å²) in [5.41, 5.74) is 0. The molecular formula is C6H8O2. The van der Waals surface area contributed by atoms with E-state index in [4.69, 9.17) is 9.47 Å². The molecule has 1 saturated heterocycles. The molecule has 0 amide bonds. The molecule has 2 heteroatoms. The van der Waals surface area contributed by atoms with Gasteiger partial charge >= 0.3 is 0 Å². The molecule has 1 rings (SSSR count). The summed E-state index contributed by atoms with van der Waals surface area (Å²) in [4.78, 5) is 0. The summed E-state index contributed by atoms with van der Waals surface area (Å²) in [5.74, 6) is 0.676. The molecule has 1 aliphatic rings. The molecule has 0 aromatic carbocycles. The fraction of sp³-hybridized carbons (Fsp3) is 0.333. The van der Waals surface area contributed by atoms with E-state index >= 15 is 0 Å². The monoisotopic (exact) mass is 112 g/mol. The molecular weight excluding hydrogens is 104 g/mol. The molecule has 1 fully saturated rings. The first-order valence-corrected chi connectivity index (χ1v) is 2.41. The van der Waals surface area contributed by atoms with Crippen LogP contribution in [0, 0.1) is 0 Å². The van der Waals surface area contributed by atoms with Crippen LogP contribution in [0.15, 0.2) is 25.0 Å². The lowest BCUT2D eigenvalue weighted by Gasteiger charge is -1.99. The third-order valence-corrected chi connectivity index (χ3v) is 0.884. The minimum absolute atomic E-state index is 0.262. The summed E-state index contributed by atoms with van der Waals surface area (Å²) >= 11 is 0. The fourth-order valence-corrected chi connectivity index (χ4v) is 0.524. The van der Waals surface area contributed by atoms with E-state index in [-0.39, 0.29) is 6.29 Å². The van der Waals surface area contributed by atoms with Crippen molar-refractivity contribution in [2.24, 2.45) is 0 Å². The van der Waals surface area contributed by atoms with E-state index in [1.54, 1.807) is 6.08 Å². The number of rotatable bonds is 1. The second-order valence-corrected chi connectivity index (χ2v) is 1.57. The van der Waals surface area contributed by atoms with Gasteiger partial charge < -0.3 is 9.47 Å². The highest BCUT2D eigenvalue weighted by molar-refractivity contribution is 4.91. The number of hydrogen-bond donors (Lipinski definition) is 0. The molecule has 1 aliphatic heterocycles. The van der Waals surface area contributed by atoms with Crippen molar-refractivity contribution in [2.75, 3.05) is 6.61 Å². The Morgan fingerprint density at radius 2 is 2.50 bits per heavy atom. The molecule has 2 nitrogen and oxygen atoms in total. The largest absolute Gasteiger partial charge is 0.464 e. The average Bonchev–Trinajstić information content (AvgIpc) is 2.14. The van der Waals surface area contributed by atoms with Gasteiger partial charge in [0.25, 0.3) is 0 Å². The SMILES string of the molecule is C=CC1OCC(=C)O1. The molecule has 8 heavy (non-hydrogen) atoms. The van der Waals surface area contributed by atoms with Crippen molar-refractivity contribution in [3.05, 3.63) is 25.0 Å². The van der Waals surface area contributed by atoms with Crippen molar-refractivity contribution in [1.82, 2.24) is 0 Å². The van der Waals surface area contributed by atoms with E-state index in [9.17, 15) is 0 Å². The molecule has 1 atom stereocenters. The lowest BCUT2D eigenvalue weighted by atomic mass is 10.6. The van der Waals surface area contributed by atoms with E-state index in [0.29, 0.717) is 12.4 Å². The van der Waals surface area contributed by atoms with E-state index in [2.05, 4.69) is 13.2 Å². The zero-order valence-corrected chi connectivity index (χ0v) is 4.59. The summed E-state index contributed by atoms with van der Waals surface area (Å²) in [7, 11) is 0. The van der Waals surface area contributed by atoms with Crippen LogP contribution in [0.1, 0.15) is 0 Å². The fourth-order valence-electron chi connectivity index (χ4n) is 0.524. The Bertz CT molecular complexity index is 118. The summed E-state index contributed by atoms with van der Waals surface area (Å²) in [6.45, 7) is 7.54. The van der Waals surface area contributed by atoms with Crippen LogP contribution in [0.25, 0.3) is 0 Å². The third-order valence-electron chi connectivity index (χ3n) is 0.884. The smallest absolute Gasteiger partial charge is 0.219 e. The maximum atomic E-state index is 4.98. The Kier molecular flexibility index (Phi) is 1.35. The molecule has 1 unspecified atom stereocenters. The van der Waals surface area contributed by atoms with Crippen molar-refractivity contribution < 1.29 is 9.47 Å². The molecule has 0 aromatic rings. The quantitative estimate of drug-likeness (QED) is 0.472. The van der Waals surface area contributed by atoms with Gasteiger partial charge in [0.2, 0.25) is 6.29 Å². The standard InChI is InChI=1S/C6H8O2/c1-3-6-7-4-5(2)8-6/h3,6H,1-2,4H2. The normalized spacial score (nSPS) is 27.5. The summed E-state index contributed by atoms with van der Waals surface area (Å²) < 4.78 is 9.95. The van der Waals surface area contributed by atoms with Crippen LogP contribution in [-0.4, -0.2) is 12.9 Å². The Labute approximate surface area is 48.4 Å². The van der Waals surface area contributed by atoms with E-state index in [1.807, 2.05) is 0 Å². The second-order valence-electron chi connectivity index (χ2n) is 1.57. The Balaban J connectivity index is 2.43. The van der Waals surface area contributed by atoms with E-state index in [0.717, 1.165) is 0 Å². The third kappa shape index (κ3) is 0.898. The summed E-state index contributed by atoms with van der Waals surface area (Å²) in [6.07, 6.45) is 1.33. The van der Waals surface area contributed by atoms with Crippen molar-refractivity contribution in [3.63, 3.8) is 0 Å². The topological polar surface area (TPSA) is 18.5 Å². The van der Waals surface area contributed by atoms with Crippen LogP contribution in [0.3, 0.4) is 0 Å². The molecule has 44 valence electrons. The van der Waals surface area contributed by atoms with Gasteiger partial charge in [0.1, 0.15) is 12.4 Å². The zero-order chi connectivity index (χ0) is 5.98. The number of hydrogen-bond acceptors (Lipinski definition) is 2. The van der Waals surface area contributed by atoms with Gasteiger partial charge in [-0.1, -0.05) is 13.2 Å². The lowest BCUT2D eigenvalue weighted by Crippen LogP contribution is -1.99. The maximum absolute atomic E-state index is 4.98. The van der Waals surface area contributed by atoms with Crippen LogP contribution in [0.2, 0.25) is 0 Å². The minimum atomic E-state index is -0.262. The van der Waals surface area contributed by atoms with Gasteiger partial charge in [-0.2, -0.15) is 0 Å². The molecule has 0 aliphatic carbocycles. The van der Waals surface area contributed by atoms with Crippen LogP contribution >= 0.6 is 0 Å². The zero-order valence-electron chi connectivity index (χ0n) is 4.59. The Hall–Kier alpha value is -0.760. The molecule has 1 heterocycles. The van der Waals surface area contributed by atoms with Gasteiger partial charge in [-0.15, -0.1) is 0 Å². The summed E-state index contributed by atoms with van der Waals surface area (Å²) in [5, 5.41) is 0. The molecule has 0 radical (unpaired) electrons. The van der Waals surface area contributed by atoms with E-state index < -0.39 is 0 Å². The van der Waals surface area contributed by atoms with Gasteiger partial charge in [0.15, 0.2) is 0 Å². The van der Waals surface area contributed by atoms with Crippen molar-refractivity contribution in [2.45, 2.75) is 6.29 Å². The first kappa shape index (κ1) is 5.38. The predicted octanol–water partition coefficient (Wildman–Crippen LogP) is 1.06. The highest BCUT2D eigenvalue weighted by Crippen LogP contribution is 2.12. The van der Waals surface area contributed by atoms with Gasteiger partial charge in [-0.3, -0.25) is 0 Å². The highest BCUT2D eigenvalue weighted by Gasteiger charge is 2.14. The number of ether oxygens (including phenoxy) is 2. The second kappa shape index (κ2) is 2.01. The van der Waals surface area contributed by atoms with Crippen LogP contribution in [0.5, 0.6) is 0 Å². The predicted molar refractivity (Wildman–Crippen MR) is 30.2 cm³/mol.